The van der Waals surface area contributed by atoms with E-state index < -0.39 is 0 Å². The van der Waals surface area contributed by atoms with Crippen molar-refractivity contribution in [2.75, 3.05) is 19.7 Å². The van der Waals surface area contributed by atoms with Gasteiger partial charge >= 0.3 is 5.97 Å². The lowest BCUT2D eigenvalue weighted by Gasteiger charge is -2.31. The molecule has 0 N–H and O–H groups in total. The van der Waals surface area contributed by atoms with E-state index in [0.717, 1.165) is 24.2 Å². The Hall–Kier alpha value is -2.82. The third-order valence-corrected chi connectivity index (χ3v) is 4.68. The normalized spacial score (nSPS) is 16.6. The molecule has 0 bridgehead atoms. The van der Waals surface area contributed by atoms with Crippen molar-refractivity contribution < 1.29 is 19.1 Å². The minimum absolute atomic E-state index is 0.0421. The SMILES string of the molecule is CCOC(=O)[C@@H]1CCCN(C(=O)c2ccc(COc3ccccc3)cc2)C1. The first-order valence-electron chi connectivity index (χ1n) is 9.40. The number of carbonyl (C=O) groups excluding carboxylic acids is 2. The molecule has 1 aliphatic rings. The predicted molar refractivity (Wildman–Crippen MR) is 102 cm³/mol. The van der Waals surface area contributed by atoms with Crippen LogP contribution in [0, 0.1) is 5.92 Å². The second-order valence-corrected chi connectivity index (χ2v) is 6.64. The van der Waals surface area contributed by atoms with Crippen molar-refractivity contribution in [3.63, 3.8) is 0 Å². The summed E-state index contributed by atoms with van der Waals surface area (Å²) in [5.41, 5.74) is 1.63. The first kappa shape index (κ1) is 19.0. The van der Waals surface area contributed by atoms with Gasteiger partial charge in [-0.05, 0) is 49.6 Å². The molecule has 1 atom stereocenters. The maximum Gasteiger partial charge on any atom is 0.310 e. The maximum atomic E-state index is 12.8. The molecular weight excluding hydrogens is 342 g/mol. The smallest absolute Gasteiger partial charge is 0.310 e. The van der Waals surface area contributed by atoms with Crippen LogP contribution < -0.4 is 4.74 Å². The summed E-state index contributed by atoms with van der Waals surface area (Å²) in [5, 5.41) is 0. The Morgan fingerprint density at radius 2 is 1.81 bits per heavy atom. The average Bonchev–Trinajstić information content (AvgIpc) is 2.73. The summed E-state index contributed by atoms with van der Waals surface area (Å²) >= 11 is 0. The van der Waals surface area contributed by atoms with Crippen LogP contribution in [0.25, 0.3) is 0 Å². The number of benzene rings is 2. The molecule has 1 fully saturated rings. The Kier molecular flexibility index (Phi) is 6.47. The largest absolute Gasteiger partial charge is 0.489 e. The first-order chi connectivity index (χ1) is 13.2. The topological polar surface area (TPSA) is 55.8 Å². The number of para-hydroxylation sites is 1. The fourth-order valence-corrected chi connectivity index (χ4v) is 3.22. The number of piperidine rings is 1. The quantitative estimate of drug-likeness (QED) is 0.731. The van der Waals surface area contributed by atoms with E-state index >= 15 is 0 Å². The molecule has 27 heavy (non-hydrogen) atoms. The Bertz CT molecular complexity index is 758. The van der Waals surface area contributed by atoms with Crippen molar-refractivity contribution in [1.29, 1.82) is 0 Å². The van der Waals surface area contributed by atoms with E-state index in [1.54, 1.807) is 11.8 Å². The molecule has 0 aromatic heterocycles. The second-order valence-electron chi connectivity index (χ2n) is 6.64. The van der Waals surface area contributed by atoms with Crippen LogP contribution in [-0.2, 0) is 16.1 Å². The Morgan fingerprint density at radius 3 is 2.52 bits per heavy atom. The number of rotatable bonds is 6. The van der Waals surface area contributed by atoms with Crippen LogP contribution in [0.15, 0.2) is 54.6 Å². The van der Waals surface area contributed by atoms with Crippen LogP contribution in [-0.4, -0.2) is 36.5 Å². The molecule has 0 unspecified atom stereocenters. The molecule has 5 nitrogen and oxygen atoms in total. The highest BCUT2D eigenvalue weighted by molar-refractivity contribution is 5.94. The number of amides is 1. The Labute approximate surface area is 159 Å². The highest BCUT2D eigenvalue weighted by Crippen LogP contribution is 2.20. The summed E-state index contributed by atoms with van der Waals surface area (Å²) in [6.45, 7) is 3.72. The molecule has 142 valence electrons. The molecule has 2 aromatic carbocycles. The van der Waals surface area contributed by atoms with Crippen molar-refractivity contribution in [2.24, 2.45) is 5.92 Å². The van der Waals surface area contributed by atoms with Crippen molar-refractivity contribution >= 4 is 11.9 Å². The maximum absolute atomic E-state index is 12.8. The number of hydrogen-bond donors (Lipinski definition) is 0. The molecule has 0 saturated carbocycles. The molecule has 0 spiro atoms. The van der Waals surface area contributed by atoms with E-state index in [0.29, 0.717) is 31.9 Å². The highest BCUT2D eigenvalue weighted by Gasteiger charge is 2.29. The lowest BCUT2D eigenvalue weighted by atomic mass is 9.97. The van der Waals surface area contributed by atoms with E-state index in [-0.39, 0.29) is 17.8 Å². The van der Waals surface area contributed by atoms with E-state index in [1.807, 2.05) is 54.6 Å². The summed E-state index contributed by atoms with van der Waals surface area (Å²) < 4.78 is 10.8. The molecule has 1 aliphatic heterocycles. The zero-order valence-corrected chi connectivity index (χ0v) is 15.6. The summed E-state index contributed by atoms with van der Waals surface area (Å²) in [5.74, 6) is 0.347. The van der Waals surface area contributed by atoms with E-state index in [1.165, 1.54) is 0 Å². The number of carbonyl (C=O) groups is 2. The molecule has 1 heterocycles. The summed E-state index contributed by atoms with van der Waals surface area (Å²) in [4.78, 5) is 26.5. The summed E-state index contributed by atoms with van der Waals surface area (Å²) in [7, 11) is 0. The monoisotopic (exact) mass is 367 g/mol. The van der Waals surface area contributed by atoms with E-state index in [4.69, 9.17) is 9.47 Å². The molecule has 0 aliphatic carbocycles. The third kappa shape index (κ3) is 5.09. The van der Waals surface area contributed by atoms with Gasteiger partial charge in [0.2, 0.25) is 0 Å². The number of nitrogens with zero attached hydrogens (tertiary/aromatic N) is 1. The van der Waals surface area contributed by atoms with Crippen LogP contribution in [0.3, 0.4) is 0 Å². The van der Waals surface area contributed by atoms with Gasteiger partial charge in [0.25, 0.3) is 5.91 Å². The van der Waals surface area contributed by atoms with Gasteiger partial charge in [-0.1, -0.05) is 30.3 Å². The van der Waals surface area contributed by atoms with Gasteiger partial charge in [-0.15, -0.1) is 0 Å². The van der Waals surface area contributed by atoms with E-state index in [2.05, 4.69) is 0 Å². The predicted octanol–water partition coefficient (Wildman–Crippen LogP) is 3.68. The number of hydrogen-bond acceptors (Lipinski definition) is 4. The van der Waals surface area contributed by atoms with Crippen LogP contribution in [0.1, 0.15) is 35.7 Å². The van der Waals surface area contributed by atoms with Gasteiger partial charge in [-0.25, -0.2) is 0 Å². The van der Waals surface area contributed by atoms with Crippen molar-refractivity contribution in [3.8, 4) is 5.75 Å². The number of ether oxygens (including phenoxy) is 2. The zero-order chi connectivity index (χ0) is 19.1. The minimum atomic E-state index is -0.221. The van der Waals surface area contributed by atoms with Gasteiger partial charge in [0.1, 0.15) is 12.4 Å². The second kappa shape index (κ2) is 9.21. The fourth-order valence-electron chi connectivity index (χ4n) is 3.22. The molecule has 1 saturated heterocycles. The summed E-state index contributed by atoms with van der Waals surface area (Å²) in [6.07, 6.45) is 1.59. The van der Waals surface area contributed by atoms with Gasteiger partial charge in [0.15, 0.2) is 0 Å². The van der Waals surface area contributed by atoms with Crippen molar-refractivity contribution in [2.45, 2.75) is 26.4 Å². The van der Waals surface area contributed by atoms with Crippen LogP contribution >= 0.6 is 0 Å². The van der Waals surface area contributed by atoms with Crippen LogP contribution in [0.4, 0.5) is 0 Å². The summed E-state index contributed by atoms with van der Waals surface area (Å²) in [6, 6.07) is 17.1. The Morgan fingerprint density at radius 1 is 1.07 bits per heavy atom. The zero-order valence-electron chi connectivity index (χ0n) is 15.6. The Balaban J connectivity index is 1.57. The van der Waals surface area contributed by atoms with Gasteiger partial charge in [0.05, 0.1) is 12.5 Å². The highest BCUT2D eigenvalue weighted by atomic mass is 16.5. The molecular formula is C22H25NO4. The van der Waals surface area contributed by atoms with Gasteiger partial charge in [0, 0.05) is 18.7 Å². The molecule has 5 heteroatoms. The third-order valence-electron chi connectivity index (χ3n) is 4.68. The fraction of sp³-hybridized carbons (Fsp3) is 0.364. The molecule has 3 rings (SSSR count). The van der Waals surface area contributed by atoms with Crippen molar-refractivity contribution in [1.82, 2.24) is 4.90 Å². The minimum Gasteiger partial charge on any atom is -0.489 e. The van der Waals surface area contributed by atoms with E-state index in [9.17, 15) is 9.59 Å². The molecule has 1 amide bonds. The first-order valence-corrected chi connectivity index (χ1v) is 9.40. The van der Waals surface area contributed by atoms with Crippen LogP contribution in [0.2, 0.25) is 0 Å². The average molecular weight is 367 g/mol. The lowest BCUT2D eigenvalue weighted by molar-refractivity contribution is -0.149. The molecule has 2 aromatic rings. The standard InChI is InChI=1S/C22H25NO4/c1-2-26-22(25)19-7-6-14-23(15-19)21(24)18-12-10-17(11-13-18)16-27-20-8-4-3-5-9-20/h3-5,8-13,19H,2,6-7,14-16H2,1H3/t19-/m1/s1. The number of esters is 1. The lowest BCUT2D eigenvalue weighted by Crippen LogP contribution is -2.42. The van der Waals surface area contributed by atoms with Gasteiger partial charge in [-0.3, -0.25) is 9.59 Å². The van der Waals surface area contributed by atoms with Gasteiger partial charge in [-0.2, -0.15) is 0 Å². The van der Waals surface area contributed by atoms with Crippen molar-refractivity contribution in [3.05, 3.63) is 65.7 Å². The molecule has 0 radical (unpaired) electrons. The van der Waals surface area contributed by atoms with Crippen LogP contribution in [0.5, 0.6) is 5.75 Å². The van der Waals surface area contributed by atoms with Gasteiger partial charge < -0.3 is 14.4 Å². The number of likely N-dealkylation sites (tertiary alicyclic amines) is 1.